The molecule has 1 heterocycles. The van der Waals surface area contributed by atoms with E-state index in [1.54, 1.807) is 14.2 Å². The van der Waals surface area contributed by atoms with Crippen LogP contribution in [0.25, 0.3) is 0 Å². The summed E-state index contributed by atoms with van der Waals surface area (Å²) in [5.74, 6) is 0.466. The van der Waals surface area contributed by atoms with Gasteiger partial charge in [-0.25, -0.2) is 0 Å². The van der Waals surface area contributed by atoms with E-state index >= 15 is 0 Å². The fourth-order valence-electron chi connectivity index (χ4n) is 3.74. The molecule has 0 saturated carbocycles. The Kier molecular flexibility index (Phi) is 6.27. The van der Waals surface area contributed by atoms with Crippen LogP contribution in [-0.4, -0.2) is 41.7 Å². The minimum atomic E-state index is -2.31. The van der Waals surface area contributed by atoms with Gasteiger partial charge in [-0.05, 0) is 37.8 Å². The smallest absolute Gasteiger partial charge is 0.371 e. The van der Waals surface area contributed by atoms with Crippen molar-refractivity contribution in [1.29, 1.82) is 0 Å². The van der Waals surface area contributed by atoms with Crippen LogP contribution in [0.4, 0.5) is 0 Å². The normalized spacial score (nSPS) is 31.5. The highest BCUT2D eigenvalue weighted by Gasteiger charge is 2.62. The summed E-state index contributed by atoms with van der Waals surface area (Å²) in [6.07, 6.45) is 5.41. The molecule has 4 nitrogen and oxygen atoms in total. The lowest BCUT2D eigenvalue weighted by Gasteiger charge is -2.52. The molecule has 1 aliphatic rings. The summed E-state index contributed by atoms with van der Waals surface area (Å²) in [6.45, 7) is 2.90. The number of rotatable bonds is 7. The lowest BCUT2D eigenvalue weighted by Crippen LogP contribution is -2.68. The predicted molar refractivity (Wildman–Crippen MR) is 75.6 cm³/mol. The van der Waals surface area contributed by atoms with Crippen LogP contribution in [0.1, 0.15) is 39.0 Å². The second-order valence-corrected chi connectivity index (χ2v) is 8.84. The molecule has 2 atom stereocenters. The molecular weight excluding hydrogens is 246 g/mol. The van der Waals surface area contributed by atoms with Crippen molar-refractivity contribution in [3.05, 3.63) is 0 Å². The Balaban J connectivity index is 3.13. The maximum absolute atomic E-state index is 6.04. The molecule has 0 aromatic carbocycles. The maximum Gasteiger partial charge on any atom is 0.371 e. The minimum Gasteiger partial charge on any atom is -0.396 e. The van der Waals surface area contributed by atoms with Crippen molar-refractivity contribution in [2.24, 2.45) is 11.7 Å². The van der Waals surface area contributed by atoms with E-state index in [-0.39, 0.29) is 5.22 Å². The van der Waals surface area contributed by atoms with Gasteiger partial charge in [-0.1, -0.05) is 19.8 Å². The molecule has 1 rings (SSSR count). The summed E-state index contributed by atoms with van der Waals surface area (Å²) < 4.78 is 17.9. The number of nitrogens with two attached hydrogens (primary N) is 1. The summed E-state index contributed by atoms with van der Waals surface area (Å²) in [4.78, 5) is 0. The van der Waals surface area contributed by atoms with E-state index in [0.717, 1.165) is 31.7 Å². The van der Waals surface area contributed by atoms with Gasteiger partial charge in [0.15, 0.2) is 0 Å². The Bertz CT molecular complexity index is 246. The van der Waals surface area contributed by atoms with E-state index in [1.165, 1.54) is 6.42 Å². The van der Waals surface area contributed by atoms with Gasteiger partial charge >= 0.3 is 8.56 Å². The van der Waals surface area contributed by atoms with Crippen LogP contribution in [0.2, 0.25) is 6.04 Å². The average molecular weight is 275 g/mol. The highest BCUT2D eigenvalue weighted by molar-refractivity contribution is 6.70. The standard InChI is InChI=1S/C13H29NO3Si/c1-5-9-13(15-2)12(8-10-14)7-6-11-18(13,16-3)17-4/h12H,5-11,14H2,1-4H3. The van der Waals surface area contributed by atoms with Crippen molar-refractivity contribution in [2.75, 3.05) is 27.9 Å². The lowest BCUT2D eigenvalue weighted by molar-refractivity contribution is -0.0554. The molecule has 0 spiro atoms. The zero-order chi connectivity index (χ0) is 13.6. The quantitative estimate of drug-likeness (QED) is 0.724. The van der Waals surface area contributed by atoms with Gasteiger partial charge in [0, 0.05) is 21.3 Å². The molecule has 0 bridgehead atoms. The zero-order valence-corrected chi connectivity index (χ0v) is 13.3. The van der Waals surface area contributed by atoms with Crippen LogP contribution in [0.5, 0.6) is 0 Å². The molecule has 5 heteroatoms. The fourth-order valence-corrected chi connectivity index (χ4v) is 7.95. The van der Waals surface area contributed by atoms with Gasteiger partial charge in [0.25, 0.3) is 0 Å². The molecule has 0 amide bonds. The van der Waals surface area contributed by atoms with Crippen LogP contribution in [0, 0.1) is 5.92 Å². The van der Waals surface area contributed by atoms with Crippen molar-refractivity contribution in [3.63, 3.8) is 0 Å². The van der Waals surface area contributed by atoms with Gasteiger partial charge in [0.2, 0.25) is 0 Å². The third-order valence-electron chi connectivity index (χ3n) is 4.52. The first-order chi connectivity index (χ1) is 8.66. The summed E-state index contributed by atoms with van der Waals surface area (Å²) in [5.41, 5.74) is 5.78. The Labute approximate surface area is 112 Å². The number of methoxy groups -OCH3 is 1. The minimum absolute atomic E-state index is 0.233. The van der Waals surface area contributed by atoms with Gasteiger partial charge < -0.3 is 19.3 Å². The van der Waals surface area contributed by atoms with E-state index in [9.17, 15) is 0 Å². The van der Waals surface area contributed by atoms with Crippen LogP contribution < -0.4 is 5.73 Å². The second kappa shape index (κ2) is 7.00. The van der Waals surface area contributed by atoms with E-state index in [0.29, 0.717) is 12.5 Å². The fraction of sp³-hybridized carbons (Fsp3) is 1.00. The Morgan fingerprint density at radius 3 is 2.39 bits per heavy atom. The first-order valence-corrected chi connectivity index (χ1v) is 9.04. The predicted octanol–water partition coefficient (Wildman–Crippen LogP) is 2.20. The molecule has 108 valence electrons. The van der Waals surface area contributed by atoms with E-state index in [1.807, 2.05) is 7.11 Å². The first-order valence-electron chi connectivity index (χ1n) is 7.01. The van der Waals surface area contributed by atoms with Crippen molar-refractivity contribution < 1.29 is 13.6 Å². The third kappa shape index (κ3) is 2.51. The van der Waals surface area contributed by atoms with Gasteiger partial charge in [-0.3, -0.25) is 0 Å². The van der Waals surface area contributed by atoms with E-state index in [4.69, 9.17) is 19.3 Å². The van der Waals surface area contributed by atoms with Crippen molar-refractivity contribution in [1.82, 2.24) is 0 Å². The molecule has 1 fully saturated rings. The maximum atomic E-state index is 6.04. The number of hydrogen-bond donors (Lipinski definition) is 1. The Hall–Kier alpha value is 0.0569. The van der Waals surface area contributed by atoms with Gasteiger partial charge in [-0.2, -0.15) is 0 Å². The van der Waals surface area contributed by atoms with Crippen LogP contribution >= 0.6 is 0 Å². The van der Waals surface area contributed by atoms with Gasteiger partial charge in [0.05, 0.1) is 0 Å². The molecule has 1 saturated heterocycles. The molecule has 0 aliphatic carbocycles. The topological polar surface area (TPSA) is 53.7 Å². The SMILES string of the molecule is CCCC1(OC)C(CCN)CCC[Si]1(OC)OC. The molecule has 2 N–H and O–H groups in total. The molecule has 0 radical (unpaired) electrons. The van der Waals surface area contributed by atoms with E-state index < -0.39 is 8.56 Å². The molecule has 1 aliphatic heterocycles. The summed E-state index contributed by atoms with van der Waals surface area (Å²) >= 11 is 0. The first kappa shape index (κ1) is 16.1. The van der Waals surface area contributed by atoms with Crippen LogP contribution in [-0.2, 0) is 13.6 Å². The lowest BCUT2D eigenvalue weighted by atomic mass is 9.89. The van der Waals surface area contributed by atoms with Crippen molar-refractivity contribution in [3.8, 4) is 0 Å². The second-order valence-electron chi connectivity index (χ2n) is 5.17. The summed E-state index contributed by atoms with van der Waals surface area (Å²) in [7, 11) is 3.06. The van der Waals surface area contributed by atoms with Gasteiger partial charge in [0.1, 0.15) is 5.22 Å². The van der Waals surface area contributed by atoms with Crippen molar-refractivity contribution >= 4 is 8.56 Å². The van der Waals surface area contributed by atoms with E-state index in [2.05, 4.69) is 6.92 Å². The Morgan fingerprint density at radius 2 is 1.94 bits per heavy atom. The van der Waals surface area contributed by atoms with Gasteiger partial charge in [-0.15, -0.1) is 0 Å². The molecule has 2 unspecified atom stereocenters. The largest absolute Gasteiger partial charge is 0.396 e. The molecule has 0 aromatic heterocycles. The summed E-state index contributed by atoms with van der Waals surface area (Å²) in [6, 6.07) is 1.02. The average Bonchev–Trinajstić information content (AvgIpc) is 2.41. The Morgan fingerprint density at radius 1 is 1.28 bits per heavy atom. The van der Waals surface area contributed by atoms with Crippen LogP contribution in [0.3, 0.4) is 0 Å². The monoisotopic (exact) mass is 275 g/mol. The summed E-state index contributed by atoms with van der Waals surface area (Å²) in [5, 5.41) is -0.233. The highest BCUT2D eigenvalue weighted by Crippen LogP contribution is 2.47. The van der Waals surface area contributed by atoms with Crippen molar-refractivity contribution in [2.45, 2.75) is 50.3 Å². The van der Waals surface area contributed by atoms with Crippen LogP contribution in [0.15, 0.2) is 0 Å². The molecule has 0 aromatic rings. The zero-order valence-electron chi connectivity index (χ0n) is 12.3. The highest BCUT2D eigenvalue weighted by atomic mass is 28.4. The molecule has 18 heavy (non-hydrogen) atoms. The molecular formula is C13H29NO3Si. The number of hydrogen-bond acceptors (Lipinski definition) is 4. The number of ether oxygens (including phenoxy) is 1. The third-order valence-corrected chi connectivity index (χ3v) is 9.01.